The largest absolute Gasteiger partial charge is 0.384 e. The van der Waals surface area contributed by atoms with E-state index in [1.54, 1.807) is 6.20 Å². The van der Waals surface area contributed by atoms with E-state index in [1.807, 2.05) is 12.1 Å². The summed E-state index contributed by atoms with van der Waals surface area (Å²) in [6, 6.07) is 4.54. The molecule has 0 saturated carbocycles. The zero-order valence-corrected chi connectivity index (χ0v) is 10.8. The van der Waals surface area contributed by atoms with Crippen molar-refractivity contribution in [1.29, 1.82) is 0 Å². The second kappa shape index (κ2) is 5.85. The second-order valence-electron chi connectivity index (χ2n) is 5.01. The summed E-state index contributed by atoms with van der Waals surface area (Å²) in [5, 5.41) is 0. The summed E-state index contributed by atoms with van der Waals surface area (Å²) < 4.78 is 0. The molecule has 0 radical (unpaired) electrons. The van der Waals surface area contributed by atoms with E-state index < -0.39 is 0 Å². The number of rotatable bonds is 5. The number of hydrogen-bond donors (Lipinski definition) is 1. The maximum atomic E-state index is 5.68. The zero-order chi connectivity index (χ0) is 12.1. The average Bonchev–Trinajstić information content (AvgIpc) is 2.15. The topological polar surface area (TPSA) is 42.2 Å². The fourth-order valence-electron chi connectivity index (χ4n) is 1.75. The highest BCUT2D eigenvalue weighted by atomic mass is 15.1. The number of hydrogen-bond acceptors (Lipinski definition) is 3. The molecule has 1 rings (SSSR count). The quantitative estimate of drug-likeness (QED) is 0.830. The Morgan fingerprint density at radius 2 is 2.00 bits per heavy atom. The second-order valence-corrected chi connectivity index (χ2v) is 5.01. The Bertz CT molecular complexity index is 321. The third kappa shape index (κ3) is 4.19. The van der Waals surface area contributed by atoms with Crippen molar-refractivity contribution < 1.29 is 0 Å². The van der Waals surface area contributed by atoms with Crippen LogP contribution < -0.4 is 5.73 Å². The first kappa shape index (κ1) is 13.0. The number of anilines is 1. The van der Waals surface area contributed by atoms with Crippen LogP contribution in [0.15, 0.2) is 18.3 Å². The number of pyridine rings is 1. The minimum absolute atomic E-state index is 0.553. The van der Waals surface area contributed by atoms with Crippen molar-refractivity contribution in [2.24, 2.45) is 5.92 Å². The predicted molar refractivity (Wildman–Crippen MR) is 69.0 cm³/mol. The van der Waals surface area contributed by atoms with Gasteiger partial charge in [-0.15, -0.1) is 0 Å². The molecule has 0 aliphatic carbocycles. The maximum absolute atomic E-state index is 5.68. The molecule has 0 saturated heterocycles. The molecule has 1 aromatic rings. The number of nitrogens with zero attached hydrogens (tertiary/aromatic N) is 2. The van der Waals surface area contributed by atoms with E-state index in [-0.39, 0.29) is 0 Å². The lowest BCUT2D eigenvalue weighted by molar-refractivity contribution is 0.189. The molecule has 90 valence electrons. The van der Waals surface area contributed by atoms with E-state index in [4.69, 9.17) is 5.73 Å². The fraction of sp³-hybridized carbons (Fsp3) is 0.615. The van der Waals surface area contributed by atoms with Gasteiger partial charge in [0, 0.05) is 25.3 Å². The molecular weight excluding hydrogens is 198 g/mol. The molecule has 0 aromatic carbocycles. The van der Waals surface area contributed by atoms with Gasteiger partial charge in [0.25, 0.3) is 0 Å². The molecule has 2 N–H and O–H groups in total. The summed E-state index contributed by atoms with van der Waals surface area (Å²) in [5.74, 6) is 1.28. The number of nitrogen functional groups attached to an aromatic ring is 1. The lowest BCUT2D eigenvalue weighted by Gasteiger charge is -2.28. The van der Waals surface area contributed by atoms with Crippen molar-refractivity contribution in [3.05, 3.63) is 23.9 Å². The summed E-state index contributed by atoms with van der Waals surface area (Å²) in [6.07, 6.45) is 1.78. The molecule has 1 aromatic heterocycles. The molecule has 1 heterocycles. The van der Waals surface area contributed by atoms with Crippen molar-refractivity contribution in [3.8, 4) is 0 Å². The van der Waals surface area contributed by atoms with Gasteiger partial charge in [0.15, 0.2) is 0 Å². The smallest absolute Gasteiger partial charge is 0.123 e. The normalized spacial score (nSPS) is 11.7. The monoisotopic (exact) mass is 221 g/mol. The Morgan fingerprint density at radius 1 is 1.31 bits per heavy atom. The molecule has 0 bridgehead atoms. The molecule has 0 amide bonds. The summed E-state index contributed by atoms with van der Waals surface area (Å²) in [7, 11) is 0. The van der Waals surface area contributed by atoms with E-state index in [0.29, 0.717) is 17.8 Å². The van der Waals surface area contributed by atoms with Gasteiger partial charge in [0.2, 0.25) is 0 Å². The van der Waals surface area contributed by atoms with Gasteiger partial charge in [-0.05, 0) is 37.5 Å². The van der Waals surface area contributed by atoms with E-state index >= 15 is 0 Å². The van der Waals surface area contributed by atoms with Gasteiger partial charge in [0.05, 0.1) is 0 Å². The first-order chi connectivity index (χ1) is 7.49. The molecule has 0 atom stereocenters. The van der Waals surface area contributed by atoms with Crippen molar-refractivity contribution in [3.63, 3.8) is 0 Å². The van der Waals surface area contributed by atoms with Crippen LogP contribution in [0.2, 0.25) is 0 Å². The van der Waals surface area contributed by atoms with Gasteiger partial charge in [-0.25, -0.2) is 4.98 Å². The summed E-state index contributed by atoms with van der Waals surface area (Å²) in [6.45, 7) is 11.0. The molecule has 0 aliphatic heterocycles. The molecule has 16 heavy (non-hydrogen) atoms. The van der Waals surface area contributed by atoms with Crippen LogP contribution in [0.3, 0.4) is 0 Å². The van der Waals surface area contributed by atoms with Crippen molar-refractivity contribution in [1.82, 2.24) is 9.88 Å². The van der Waals surface area contributed by atoms with Crippen LogP contribution in [0.1, 0.15) is 33.3 Å². The van der Waals surface area contributed by atoms with Crippen molar-refractivity contribution in [2.45, 2.75) is 40.3 Å². The van der Waals surface area contributed by atoms with E-state index in [0.717, 1.165) is 13.1 Å². The molecule has 0 unspecified atom stereocenters. The maximum Gasteiger partial charge on any atom is 0.123 e. The zero-order valence-electron chi connectivity index (χ0n) is 10.8. The van der Waals surface area contributed by atoms with Gasteiger partial charge < -0.3 is 5.73 Å². The molecule has 0 aliphatic rings. The Kier molecular flexibility index (Phi) is 4.74. The van der Waals surface area contributed by atoms with Gasteiger partial charge >= 0.3 is 0 Å². The number of aromatic nitrogens is 1. The van der Waals surface area contributed by atoms with E-state index in [1.165, 1.54) is 5.56 Å². The van der Waals surface area contributed by atoms with Gasteiger partial charge in [-0.3, -0.25) is 4.90 Å². The highest BCUT2D eigenvalue weighted by molar-refractivity contribution is 5.31. The lowest BCUT2D eigenvalue weighted by Crippen LogP contribution is -2.33. The van der Waals surface area contributed by atoms with Crippen LogP contribution in [0.5, 0.6) is 0 Å². The third-order valence-electron chi connectivity index (χ3n) is 2.56. The predicted octanol–water partition coefficient (Wildman–Crippen LogP) is 2.53. The fourth-order valence-corrected chi connectivity index (χ4v) is 1.75. The van der Waals surface area contributed by atoms with Crippen LogP contribution in [0.4, 0.5) is 5.82 Å². The van der Waals surface area contributed by atoms with Gasteiger partial charge in [-0.1, -0.05) is 13.8 Å². The van der Waals surface area contributed by atoms with E-state index in [9.17, 15) is 0 Å². The third-order valence-corrected chi connectivity index (χ3v) is 2.56. The minimum atomic E-state index is 0.553. The Morgan fingerprint density at radius 3 is 2.50 bits per heavy atom. The first-order valence-electron chi connectivity index (χ1n) is 5.93. The Labute approximate surface area is 98.7 Å². The van der Waals surface area contributed by atoms with Gasteiger partial charge in [0.1, 0.15) is 5.82 Å². The highest BCUT2D eigenvalue weighted by Crippen LogP contribution is 2.11. The highest BCUT2D eigenvalue weighted by Gasteiger charge is 2.11. The lowest BCUT2D eigenvalue weighted by atomic mass is 10.1. The molecular formula is C13H23N3. The molecule has 3 heteroatoms. The van der Waals surface area contributed by atoms with Crippen LogP contribution >= 0.6 is 0 Å². The molecule has 0 fully saturated rings. The summed E-state index contributed by atoms with van der Waals surface area (Å²) in [4.78, 5) is 6.47. The molecule has 0 spiro atoms. The summed E-state index contributed by atoms with van der Waals surface area (Å²) in [5.41, 5.74) is 6.92. The number of nitrogens with two attached hydrogens (primary N) is 1. The van der Waals surface area contributed by atoms with Crippen molar-refractivity contribution in [2.75, 3.05) is 12.3 Å². The Balaban J connectivity index is 2.68. The first-order valence-corrected chi connectivity index (χ1v) is 5.93. The van der Waals surface area contributed by atoms with Gasteiger partial charge in [-0.2, -0.15) is 0 Å². The van der Waals surface area contributed by atoms with Crippen molar-refractivity contribution >= 4 is 5.82 Å². The average molecular weight is 221 g/mol. The van der Waals surface area contributed by atoms with E-state index in [2.05, 4.69) is 37.6 Å². The Hall–Kier alpha value is -1.09. The van der Waals surface area contributed by atoms with Crippen LogP contribution in [0.25, 0.3) is 0 Å². The summed E-state index contributed by atoms with van der Waals surface area (Å²) >= 11 is 0. The van der Waals surface area contributed by atoms with Crippen LogP contribution in [0, 0.1) is 5.92 Å². The minimum Gasteiger partial charge on any atom is -0.384 e. The van der Waals surface area contributed by atoms with Crippen LogP contribution in [-0.4, -0.2) is 22.5 Å². The standard InChI is InChI=1S/C13H23N3/c1-10(2)8-16(11(3)4)9-12-5-6-15-13(14)7-12/h5-7,10-11H,8-9H2,1-4H3,(H2,14,15). The molecule has 3 nitrogen and oxygen atoms in total. The SMILES string of the molecule is CC(C)CN(Cc1ccnc(N)c1)C(C)C. The van der Waals surface area contributed by atoms with Crippen LogP contribution in [-0.2, 0) is 6.54 Å².